The van der Waals surface area contributed by atoms with Crippen LogP contribution in [-0.2, 0) is 38.1 Å². The molecule has 4 heterocycles. The van der Waals surface area contributed by atoms with Crippen molar-refractivity contribution in [1.82, 2.24) is 10.1 Å². The molecule has 10 nitrogen and oxygen atoms in total. The summed E-state index contributed by atoms with van der Waals surface area (Å²) in [4.78, 5) is 13.7. The molecule has 0 amide bonds. The van der Waals surface area contributed by atoms with E-state index >= 15 is 0 Å². The Morgan fingerprint density at radius 2 is 0.966 bits per heavy atom. The second-order valence-electron chi connectivity index (χ2n) is 18.9. The highest BCUT2D eigenvalue weighted by Gasteiger charge is 2.61. The summed E-state index contributed by atoms with van der Waals surface area (Å²) < 4.78 is 40.0. The predicted molar refractivity (Wildman–Crippen MR) is 227 cm³/mol. The maximum absolute atomic E-state index is 6.88. The van der Waals surface area contributed by atoms with Gasteiger partial charge in [0.15, 0.2) is 17.9 Å². The summed E-state index contributed by atoms with van der Waals surface area (Å²) in [5.74, 6) is -1.41. The second kappa shape index (κ2) is 18.6. The molecule has 0 radical (unpaired) electrons. The predicted octanol–water partition coefficient (Wildman–Crippen LogP) is 10.6. The first kappa shape index (κ1) is 45.6. The molecule has 0 saturated carbocycles. The van der Waals surface area contributed by atoms with Crippen molar-refractivity contribution in [2.75, 3.05) is 26.4 Å². The zero-order valence-electron chi connectivity index (χ0n) is 37.7. The van der Waals surface area contributed by atoms with Gasteiger partial charge in [0.1, 0.15) is 24.4 Å². The molecule has 2 aromatic rings. The van der Waals surface area contributed by atoms with Crippen molar-refractivity contribution in [1.29, 1.82) is 0 Å². The lowest BCUT2D eigenvalue weighted by atomic mass is 9.73. The molecule has 58 heavy (non-hydrogen) atoms. The molecule has 326 valence electrons. The van der Waals surface area contributed by atoms with Gasteiger partial charge in [-0.3, -0.25) is 9.68 Å². The van der Waals surface area contributed by atoms with E-state index in [0.717, 1.165) is 51.4 Å². The fourth-order valence-electron chi connectivity index (χ4n) is 10.6. The van der Waals surface area contributed by atoms with Gasteiger partial charge in [0.25, 0.3) is 0 Å². The van der Waals surface area contributed by atoms with Gasteiger partial charge in [-0.05, 0) is 84.8 Å². The van der Waals surface area contributed by atoms with Gasteiger partial charge >= 0.3 is 0 Å². The van der Waals surface area contributed by atoms with Crippen molar-refractivity contribution in [3.05, 3.63) is 71.8 Å². The molecule has 0 N–H and O–H groups in total. The molecule has 0 aromatic heterocycles. The Bertz CT molecular complexity index is 1450. The molecular weight excluding hydrogens is 733 g/mol. The summed E-state index contributed by atoms with van der Waals surface area (Å²) in [5, 5.41) is 4.55. The molecule has 6 rings (SSSR count). The van der Waals surface area contributed by atoms with Crippen LogP contribution in [0, 0.1) is 0 Å². The number of hydroxylamine groups is 4. The highest BCUT2D eigenvalue weighted by atomic mass is 16.8. The molecule has 2 aromatic carbocycles. The van der Waals surface area contributed by atoms with Crippen LogP contribution in [0.15, 0.2) is 60.7 Å². The summed E-state index contributed by atoms with van der Waals surface area (Å²) >= 11 is 0. The molecule has 2 spiro atoms. The van der Waals surface area contributed by atoms with Crippen LogP contribution in [0.3, 0.4) is 0 Å². The van der Waals surface area contributed by atoms with Gasteiger partial charge in [-0.25, -0.2) is 0 Å². The summed E-state index contributed by atoms with van der Waals surface area (Å²) in [6.07, 6.45) is 7.32. The van der Waals surface area contributed by atoms with E-state index in [2.05, 4.69) is 135 Å². The Hall–Kier alpha value is -1.96. The van der Waals surface area contributed by atoms with Crippen molar-refractivity contribution in [2.45, 2.75) is 205 Å². The van der Waals surface area contributed by atoms with Crippen LogP contribution >= 0.6 is 0 Å². The van der Waals surface area contributed by atoms with Crippen LogP contribution < -0.4 is 0 Å². The highest BCUT2D eigenvalue weighted by molar-refractivity contribution is 5.18. The van der Waals surface area contributed by atoms with E-state index in [4.69, 9.17) is 38.1 Å². The molecule has 6 unspecified atom stereocenters. The number of piperidine rings is 2. The SMILES string of the molecule is CCCC(OCC1COC2(CC(C)(C)N(OC(C)c3ccccc3)C(CC)(CC)C2)O1)OCC1COC2(CC(C)(C)N(OC(C)c3ccccc3)C(CC)(CC)C2)O1. The number of nitrogens with zero attached hydrogens (tertiary/aromatic N) is 2. The monoisotopic (exact) mass is 809 g/mol. The normalized spacial score (nSPS) is 30.8. The maximum atomic E-state index is 6.88. The average Bonchev–Trinajstić information content (AvgIpc) is 3.80. The quantitative estimate of drug-likeness (QED) is 0.136. The number of rotatable bonds is 18. The topological polar surface area (TPSA) is 80.3 Å². The molecule has 4 aliphatic heterocycles. The number of benzene rings is 2. The van der Waals surface area contributed by atoms with Crippen LogP contribution in [0.4, 0.5) is 0 Å². The van der Waals surface area contributed by atoms with E-state index in [0.29, 0.717) is 39.3 Å². The minimum atomic E-state index is -0.704. The number of ether oxygens (including phenoxy) is 6. The highest BCUT2D eigenvalue weighted by Crippen LogP contribution is 2.53. The van der Waals surface area contributed by atoms with Crippen LogP contribution in [0.2, 0.25) is 0 Å². The Kier molecular flexibility index (Phi) is 14.6. The first-order valence-electron chi connectivity index (χ1n) is 22.5. The lowest BCUT2D eigenvalue weighted by Crippen LogP contribution is -2.67. The van der Waals surface area contributed by atoms with Gasteiger partial charge in [-0.2, -0.15) is 10.1 Å². The van der Waals surface area contributed by atoms with Gasteiger partial charge in [0.2, 0.25) is 0 Å². The Balaban J connectivity index is 1.04. The summed E-state index contributed by atoms with van der Waals surface area (Å²) in [5.41, 5.74) is 1.18. The lowest BCUT2D eigenvalue weighted by Gasteiger charge is -2.59. The van der Waals surface area contributed by atoms with E-state index in [1.807, 2.05) is 12.1 Å². The molecule has 0 bridgehead atoms. The molecule has 4 saturated heterocycles. The fourth-order valence-corrected chi connectivity index (χ4v) is 10.6. The molecule has 0 aliphatic carbocycles. The van der Waals surface area contributed by atoms with E-state index in [-0.39, 0.29) is 52.9 Å². The first-order valence-corrected chi connectivity index (χ1v) is 22.5. The minimum Gasteiger partial charge on any atom is -0.350 e. The molecule has 4 fully saturated rings. The average molecular weight is 809 g/mol. The van der Waals surface area contributed by atoms with Crippen molar-refractivity contribution in [3.63, 3.8) is 0 Å². The third-order valence-electron chi connectivity index (χ3n) is 13.5. The van der Waals surface area contributed by atoms with E-state index in [1.54, 1.807) is 0 Å². The zero-order valence-corrected chi connectivity index (χ0v) is 37.7. The summed E-state index contributed by atoms with van der Waals surface area (Å²) in [7, 11) is 0. The number of hydrogen-bond donors (Lipinski definition) is 0. The van der Waals surface area contributed by atoms with Gasteiger partial charge in [-0.1, -0.05) is 102 Å². The van der Waals surface area contributed by atoms with Gasteiger partial charge < -0.3 is 28.4 Å². The van der Waals surface area contributed by atoms with Crippen molar-refractivity contribution >= 4 is 0 Å². The van der Waals surface area contributed by atoms with Gasteiger partial charge in [0, 0.05) is 36.8 Å². The molecule has 10 heteroatoms. The summed E-state index contributed by atoms with van der Waals surface area (Å²) in [6.45, 7) is 26.2. The van der Waals surface area contributed by atoms with E-state index < -0.39 is 11.6 Å². The van der Waals surface area contributed by atoms with Gasteiger partial charge in [0.05, 0.1) is 37.5 Å². The molecule has 6 atom stereocenters. The Morgan fingerprint density at radius 1 is 0.586 bits per heavy atom. The minimum absolute atomic E-state index is 0.0735. The van der Waals surface area contributed by atoms with E-state index in [9.17, 15) is 0 Å². The Labute approximate surface area is 350 Å². The van der Waals surface area contributed by atoms with E-state index in [1.165, 1.54) is 11.1 Å². The van der Waals surface area contributed by atoms with Crippen molar-refractivity contribution < 1.29 is 38.1 Å². The van der Waals surface area contributed by atoms with Crippen molar-refractivity contribution in [3.8, 4) is 0 Å². The molecule has 4 aliphatic rings. The van der Waals surface area contributed by atoms with Crippen LogP contribution in [0.25, 0.3) is 0 Å². The second-order valence-corrected chi connectivity index (χ2v) is 18.9. The van der Waals surface area contributed by atoms with Gasteiger partial charge in [-0.15, -0.1) is 0 Å². The third kappa shape index (κ3) is 9.72. The van der Waals surface area contributed by atoms with Crippen LogP contribution in [0.5, 0.6) is 0 Å². The molecular formula is C48H76N2O8. The fraction of sp³-hybridized carbons (Fsp3) is 0.750. The van der Waals surface area contributed by atoms with Crippen molar-refractivity contribution in [2.24, 2.45) is 0 Å². The standard InChI is InChI=1S/C48H76N2O8/c1-12-23-42(51-28-40-30-53-47(55-40)32-43(8,9)49(45(13-2,14-3)34-47)57-36(6)38-24-19-17-20-25-38)52-29-41-31-54-48(56-41)33-44(10,11)50(46(15-4,16-5)35-48)58-37(7)39-26-21-18-22-27-39/h17-22,24-27,36-37,40-42H,12-16,23,28-35H2,1-11H3. The maximum Gasteiger partial charge on any atom is 0.172 e. The third-order valence-corrected chi connectivity index (χ3v) is 13.5. The number of hydrogen-bond acceptors (Lipinski definition) is 10. The lowest BCUT2D eigenvalue weighted by molar-refractivity contribution is -0.360. The van der Waals surface area contributed by atoms with Crippen LogP contribution in [-0.4, -0.2) is 88.8 Å². The summed E-state index contributed by atoms with van der Waals surface area (Å²) in [6, 6.07) is 20.9. The largest absolute Gasteiger partial charge is 0.350 e. The zero-order chi connectivity index (χ0) is 41.8. The smallest absolute Gasteiger partial charge is 0.172 e. The first-order chi connectivity index (χ1) is 27.6. The Morgan fingerprint density at radius 3 is 1.31 bits per heavy atom. The van der Waals surface area contributed by atoms with Crippen LogP contribution in [0.1, 0.15) is 164 Å².